The number of H-pyrrole nitrogens is 1. The summed E-state index contributed by atoms with van der Waals surface area (Å²) in [5.74, 6) is 0. The number of fused-ring (bicyclic) bond motifs is 6. The predicted molar refractivity (Wildman–Crippen MR) is 154 cm³/mol. The molecule has 174 valence electrons. The van der Waals surface area contributed by atoms with Crippen molar-refractivity contribution in [3.05, 3.63) is 115 Å². The maximum atomic E-state index is 3.55. The zero-order valence-electron chi connectivity index (χ0n) is 20.8. The molecule has 36 heavy (non-hydrogen) atoms. The highest BCUT2D eigenvalue weighted by molar-refractivity contribution is 6.12. The van der Waals surface area contributed by atoms with E-state index in [-0.39, 0.29) is 5.41 Å². The Labute approximate surface area is 210 Å². The number of benzene rings is 5. The van der Waals surface area contributed by atoms with Crippen LogP contribution in [0.1, 0.15) is 26.3 Å². The third-order valence-electron chi connectivity index (χ3n) is 7.47. The van der Waals surface area contributed by atoms with Crippen molar-refractivity contribution >= 4 is 43.6 Å². The second-order valence-corrected chi connectivity index (χ2v) is 10.8. The number of hydrogen-bond acceptors (Lipinski definition) is 0. The minimum atomic E-state index is 0.0446. The molecule has 2 aromatic heterocycles. The molecule has 5 aromatic carbocycles. The second-order valence-electron chi connectivity index (χ2n) is 10.8. The van der Waals surface area contributed by atoms with Crippen molar-refractivity contribution in [2.75, 3.05) is 0 Å². The lowest BCUT2D eigenvalue weighted by molar-refractivity contribution is 0.587. The third kappa shape index (κ3) is 3.11. The molecular weight excluding hydrogens is 436 g/mol. The molecule has 0 aliphatic rings. The Bertz CT molecular complexity index is 1920. The van der Waals surface area contributed by atoms with E-state index in [2.05, 4.69) is 140 Å². The zero-order chi connectivity index (χ0) is 24.4. The average molecular weight is 465 g/mol. The number of nitrogens with one attached hydrogen (secondary N) is 1. The highest BCUT2D eigenvalue weighted by Crippen LogP contribution is 2.38. The minimum Gasteiger partial charge on any atom is -0.355 e. The first-order chi connectivity index (χ1) is 17.5. The SMILES string of the molecule is CC(C)(C)c1ccccc1-n1c2ccccc2c2cc(-c3ccc4[nH]c5ccccc5c4c3)ccc21. The van der Waals surface area contributed by atoms with Crippen LogP contribution in [0.2, 0.25) is 0 Å². The fourth-order valence-corrected chi connectivity index (χ4v) is 5.74. The van der Waals surface area contributed by atoms with E-state index in [0.29, 0.717) is 0 Å². The van der Waals surface area contributed by atoms with Crippen molar-refractivity contribution in [2.45, 2.75) is 26.2 Å². The molecule has 2 nitrogen and oxygen atoms in total. The molecule has 7 rings (SSSR count). The molecule has 0 atom stereocenters. The molecule has 7 aromatic rings. The van der Waals surface area contributed by atoms with Crippen LogP contribution in [0.4, 0.5) is 0 Å². The quantitative estimate of drug-likeness (QED) is 0.263. The van der Waals surface area contributed by atoms with Gasteiger partial charge in [-0.2, -0.15) is 0 Å². The van der Waals surface area contributed by atoms with Crippen LogP contribution >= 0.6 is 0 Å². The zero-order valence-corrected chi connectivity index (χ0v) is 20.8. The highest BCUT2D eigenvalue weighted by Gasteiger charge is 2.21. The third-order valence-corrected chi connectivity index (χ3v) is 7.47. The first-order valence-electron chi connectivity index (χ1n) is 12.6. The number of hydrogen-bond donors (Lipinski definition) is 1. The summed E-state index contributed by atoms with van der Waals surface area (Å²) in [5, 5.41) is 5.10. The number of para-hydroxylation sites is 3. The van der Waals surface area contributed by atoms with Crippen LogP contribution < -0.4 is 0 Å². The van der Waals surface area contributed by atoms with Crippen molar-refractivity contribution in [3.63, 3.8) is 0 Å². The molecule has 2 heterocycles. The minimum absolute atomic E-state index is 0.0446. The van der Waals surface area contributed by atoms with Gasteiger partial charge in [-0.15, -0.1) is 0 Å². The first kappa shape index (κ1) is 21.0. The Morgan fingerprint density at radius 3 is 1.97 bits per heavy atom. The lowest BCUT2D eigenvalue weighted by atomic mass is 9.85. The van der Waals surface area contributed by atoms with Gasteiger partial charge in [-0.3, -0.25) is 0 Å². The van der Waals surface area contributed by atoms with Crippen molar-refractivity contribution in [1.29, 1.82) is 0 Å². The van der Waals surface area contributed by atoms with E-state index in [1.54, 1.807) is 0 Å². The fraction of sp³-hybridized carbons (Fsp3) is 0.118. The standard InChI is InChI=1S/C34H28N2/c1-34(2,3)28-12-6-9-15-33(28)36-31-14-8-5-11-25(31)27-21-23(17-19-32(27)36)22-16-18-30-26(20-22)24-10-4-7-13-29(24)35-30/h4-21,35H,1-3H3. The second kappa shape index (κ2) is 7.60. The molecule has 0 amide bonds. The molecule has 0 fully saturated rings. The van der Waals surface area contributed by atoms with Crippen LogP contribution in [0, 0.1) is 0 Å². The van der Waals surface area contributed by atoms with Crippen molar-refractivity contribution in [1.82, 2.24) is 9.55 Å². The first-order valence-corrected chi connectivity index (χ1v) is 12.6. The Hall–Kier alpha value is -4.30. The molecule has 0 bridgehead atoms. The van der Waals surface area contributed by atoms with Crippen LogP contribution in [0.5, 0.6) is 0 Å². The fourth-order valence-electron chi connectivity index (χ4n) is 5.74. The molecular formula is C34H28N2. The van der Waals surface area contributed by atoms with E-state index in [1.165, 1.54) is 66.0 Å². The Morgan fingerprint density at radius 1 is 0.528 bits per heavy atom. The summed E-state index contributed by atoms with van der Waals surface area (Å²) in [6.45, 7) is 6.87. The van der Waals surface area contributed by atoms with Crippen LogP contribution in [-0.2, 0) is 5.41 Å². The molecule has 0 spiro atoms. The number of aromatic nitrogens is 2. The molecule has 0 saturated heterocycles. The van der Waals surface area contributed by atoms with Gasteiger partial charge in [-0.25, -0.2) is 0 Å². The van der Waals surface area contributed by atoms with Gasteiger partial charge in [0.2, 0.25) is 0 Å². The monoisotopic (exact) mass is 464 g/mol. The van der Waals surface area contributed by atoms with Crippen molar-refractivity contribution < 1.29 is 0 Å². The van der Waals surface area contributed by atoms with Crippen molar-refractivity contribution in [3.8, 4) is 16.8 Å². The lowest BCUT2D eigenvalue weighted by Crippen LogP contribution is -2.15. The summed E-state index contributed by atoms with van der Waals surface area (Å²) >= 11 is 0. The number of nitrogens with zero attached hydrogens (tertiary/aromatic N) is 1. The summed E-state index contributed by atoms with van der Waals surface area (Å²) in [6.07, 6.45) is 0. The van der Waals surface area contributed by atoms with E-state index < -0.39 is 0 Å². The van der Waals surface area contributed by atoms with Gasteiger partial charge in [0.05, 0.1) is 11.0 Å². The van der Waals surface area contributed by atoms with Gasteiger partial charge in [-0.1, -0.05) is 87.5 Å². The van der Waals surface area contributed by atoms with Crippen LogP contribution in [0.25, 0.3) is 60.4 Å². The van der Waals surface area contributed by atoms with Gasteiger partial charge < -0.3 is 9.55 Å². The van der Waals surface area contributed by atoms with Gasteiger partial charge >= 0.3 is 0 Å². The Morgan fingerprint density at radius 2 is 1.14 bits per heavy atom. The molecule has 0 saturated carbocycles. The summed E-state index contributed by atoms with van der Waals surface area (Å²) in [6, 6.07) is 39.8. The normalized spacial score (nSPS) is 12.3. The number of aromatic amines is 1. The van der Waals surface area contributed by atoms with Crippen LogP contribution in [0.3, 0.4) is 0 Å². The maximum Gasteiger partial charge on any atom is 0.0541 e. The van der Waals surface area contributed by atoms with Gasteiger partial charge in [0.25, 0.3) is 0 Å². The molecule has 2 heteroatoms. The Kier molecular flexibility index (Phi) is 4.44. The summed E-state index contributed by atoms with van der Waals surface area (Å²) < 4.78 is 2.44. The molecule has 0 aliphatic carbocycles. The van der Waals surface area contributed by atoms with E-state index in [9.17, 15) is 0 Å². The summed E-state index contributed by atoms with van der Waals surface area (Å²) in [4.78, 5) is 3.55. The average Bonchev–Trinajstić information content (AvgIpc) is 3.43. The summed E-state index contributed by atoms with van der Waals surface area (Å²) in [5.41, 5.74) is 9.96. The van der Waals surface area contributed by atoms with Gasteiger partial charge in [0, 0.05) is 38.3 Å². The largest absolute Gasteiger partial charge is 0.355 e. The Balaban J connectivity index is 1.48. The molecule has 0 unspecified atom stereocenters. The highest BCUT2D eigenvalue weighted by atomic mass is 15.0. The maximum absolute atomic E-state index is 3.55. The van der Waals surface area contributed by atoms with Gasteiger partial charge in [0.1, 0.15) is 0 Å². The summed E-state index contributed by atoms with van der Waals surface area (Å²) in [7, 11) is 0. The van der Waals surface area contributed by atoms with E-state index in [1.807, 2.05) is 0 Å². The smallest absolute Gasteiger partial charge is 0.0541 e. The topological polar surface area (TPSA) is 20.7 Å². The predicted octanol–water partition coefficient (Wildman–Crippen LogP) is 9.38. The molecule has 0 radical (unpaired) electrons. The van der Waals surface area contributed by atoms with Crippen molar-refractivity contribution in [2.24, 2.45) is 0 Å². The van der Waals surface area contributed by atoms with Gasteiger partial charge in [-0.05, 0) is 64.6 Å². The molecule has 0 aliphatic heterocycles. The van der Waals surface area contributed by atoms with E-state index in [4.69, 9.17) is 0 Å². The number of rotatable bonds is 2. The van der Waals surface area contributed by atoms with E-state index >= 15 is 0 Å². The molecule has 1 N–H and O–H groups in total. The van der Waals surface area contributed by atoms with Crippen LogP contribution in [-0.4, -0.2) is 9.55 Å². The lowest BCUT2D eigenvalue weighted by Gasteiger charge is -2.24. The van der Waals surface area contributed by atoms with Crippen LogP contribution in [0.15, 0.2) is 109 Å². The van der Waals surface area contributed by atoms with Gasteiger partial charge in [0.15, 0.2) is 0 Å². The van der Waals surface area contributed by atoms with E-state index in [0.717, 1.165) is 0 Å².